The number of carbonyl (C=O) groups excluding carboxylic acids is 1. The number of nitrogens with two attached hydrogens (primary N) is 1. The Morgan fingerprint density at radius 2 is 2.12 bits per heavy atom. The molecule has 1 aliphatic heterocycles. The van der Waals surface area contributed by atoms with Gasteiger partial charge in [-0.15, -0.1) is 12.4 Å². The lowest BCUT2D eigenvalue weighted by molar-refractivity contribution is -0.142. The minimum absolute atomic E-state index is 0. The third-order valence-corrected chi connectivity index (χ3v) is 3.21. The first kappa shape index (κ1) is 15.7. The van der Waals surface area contributed by atoms with Crippen LogP contribution in [0.3, 0.4) is 0 Å². The molecular formula is C11H23ClN2O2. The topological polar surface area (TPSA) is 55.6 Å². The predicted octanol–water partition coefficient (Wildman–Crippen LogP) is 1.03. The summed E-state index contributed by atoms with van der Waals surface area (Å²) in [5.74, 6) is 0.523. The fourth-order valence-corrected chi connectivity index (χ4v) is 2.00. The van der Waals surface area contributed by atoms with Gasteiger partial charge in [0.1, 0.15) is 6.10 Å². The highest BCUT2D eigenvalue weighted by atomic mass is 35.5. The number of piperidine rings is 1. The molecular weight excluding hydrogens is 228 g/mol. The third kappa shape index (κ3) is 3.92. The fourth-order valence-electron chi connectivity index (χ4n) is 2.00. The van der Waals surface area contributed by atoms with Gasteiger partial charge in [-0.25, -0.2) is 0 Å². The molecule has 4 nitrogen and oxygen atoms in total. The molecule has 3 atom stereocenters. The zero-order valence-corrected chi connectivity index (χ0v) is 11.1. The van der Waals surface area contributed by atoms with E-state index in [1.165, 1.54) is 0 Å². The van der Waals surface area contributed by atoms with Crippen LogP contribution in [0.4, 0.5) is 0 Å². The average Bonchev–Trinajstić information content (AvgIpc) is 2.27. The van der Waals surface area contributed by atoms with E-state index in [4.69, 9.17) is 10.5 Å². The Labute approximate surface area is 104 Å². The van der Waals surface area contributed by atoms with Gasteiger partial charge in [0.05, 0.1) is 0 Å². The van der Waals surface area contributed by atoms with Crippen LogP contribution in [0.2, 0.25) is 0 Å². The second kappa shape index (κ2) is 7.09. The quantitative estimate of drug-likeness (QED) is 0.814. The molecule has 0 spiro atoms. The van der Waals surface area contributed by atoms with E-state index < -0.39 is 0 Å². The Bertz CT molecular complexity index is 224. The number of methoxy groups -OCH3 is 1. The summed E-state index contributed by atoms with van der Waals surface area (Å²) < 4.78 is 5.04. The molecule has 1 aliphatic rings. The first-order chi connectivity index (χ1) is 7.06. The zero-order chi connectivity index (χ0) is 11.4. The summed E-state index contributed by atoms with van der Waals surface area (Å²) in [5, 5.41) is 0. The summed E-state index contributed by atoms with van der Waals surface area (Å²) in [7, 11) is 1.57. The van der Waals surface area contributed by atoms with Crippen molar-refractivity contribution in [2.24, 2.45) is 11.7 Å². The maximum Gasteiger partial charge on any atom is 0.251 e. The predicted molar refractivity (Wildman–Crippen MR) is 66.7 cm³/mol. The van der Waals surface area contributed by atoms with Gasteiger partial charge < -0.3 is 15.4 Å². The number of ether oxygens (including phenoxy) is 1. The number of hydrogen-bond donors (Lipinski definition) is 1. The lowest BCUT2D eigenvalue weighted by Crippen LogP contribution is -2.48. The van der Waals surface area contributed by atoms with E-state index in [9.17, 15) is 4.79 Å². The molecule has 1 rings (SSSR count). The molecule has 16 heavy (non-hydrogen) atoms. The number of hydrogen-bond acceptors (Lipinski definition) is 3. The van der Waals surface area contributed by atoms with Crippen LogP contribution < -0.4 is 5.73 Å². The molecule has 1 amide bonds. The van der Waals surface area contributed by atoms with E-state index >= 15 is 0 Å². The summed E-state index contributed by atoms with van der Waals surface area (Å²) in [6, 6.07) is 0.165. The fraction of sp³-hybridized carbons (Fsp3) is 0.909. The molecule has 0 aliphatic carbocycles. The van der Waals surface area contributed by atoms with Crippen molar-refractivity contribution in [2.45, 2.75) is 38.8 Å². The number of amides is 1. The highest BCUT2D eigenvalue weighted by molar-refractivity contribution is 5.85. The van der Waals surface area contributed by atoms with E-state index in [0.717, 1.165) is 25.9 Å². The second-order valence-electron chi connectivity index (χ2n) is 4.42. The summed E-state index contributed by atoms with van der Waals surface area (Å²) >= 11 is 0. The Hall–Kier alpha value is -0.320. The van der Waals surface area contributed by atoms with Gasteiger partial charge >= 0.3 is 0 Å². The van der Waals surface area contributed by atoms with E-state index in [2.05, 4.69) is 0 Å². The van der Waals surface area contributed by atoms with Crippen molar-refractivity contribution < 1.29 is 9.53 Å². The molecule has 0 radical (unpaired) electrons. The van der Waals surface area contributed by atoms with Crippen LogP contribution in [0.15, 0.2) is 0 Å². The van der Waals surface area contributed by atoms with Crippen LogP contribution in [0, 0.1) is 5.92 Å². The van der Waals surface area contributed by atoms with Gasteiger partial charge in [-0.05, 0) is 32.6 Å². The average molecular weight is 251 g/mol. The van der Waals surface area contributed by atoms with Crippen molar-refractivity contribution in [2.75, 3.05) is 20.2 Å². The van der Waals surface area contributed by atoms with Crippen LogP contribution in [-0.2, 0) is 9.53 Å². The van der Waals surface area contributed by atoms with Crippen molar-refractivity contribution in [3.63, 3.8) is 0 Å². The lowest BCUT2D eigenvalue weighted by atomic mass is 9.92. The largest absolute Gasteiger partial charge is 0.372 e. The van der Waals surface area contributed by atoms with Gasteiger partial charge in [-0.1, -0.05) is 0 Å². The van der Waals surface area contributed by atoms with Crippen molar-refractivity contribution in [3.05, 3.63) is 0 Å². The molecule has 1 heterocycles. The van der Waals surface area contributed by atoms with E-state index in [1.54, 1.807) is 14.0 Å². The van der Waals surface area contributed by atoms with Crippen LogP contribution in [0.5, 0.6) is 0 Å². The van der Waals surface area contributed by atoms with E-state index in [-0.39, 0.29) is 30.5 Å². The van der Waals surface area contributed by atoms with Gasteiger partial charge in [-0.2, -0.15) is 0 Å². The number of carbonyl (C=O) groups is 1. The SMILES string of the molecule is COC(C)C(=O)N1CCCC(C(C)N)C1.Cl. The minimum Gasteiger partial charge on any atom is -0.372 e. The van der Waals surface area contributed by atoms with Crippen molar-refractivity contribution in [1.29, 1.82) is 0 Å². The highest BCUT2D eigenvalue weighted by Crippen LogP contribution is 2.19. The third-order valence-electron chi connectivity index (χ3n) is 3.21. The molecule has 1 saturated heterocycles. The van der Waals surface area contributed by atoms with Gasteiger partial charge in [-0.3, -0.25) is 4.79 Å². The zero-order valence-electron chi connectivity index (χ0n) is 10.3. The Morgan fingerprint density at radius 1 is 1.50 bits per heavy atom. The molecule has 0 aromatic rings. The first-order valence-electron chi connectivity index (χ1n) is 5.63. The molecule has 1 fully saturated rings. The van der Waals surface area contributed by atoms with Crippen LogP contribution in [-0.4, -0.2) is 43.2 Å². The molecule has 2 N–H and O–H groups in total. The van der Waals surface area contributed by atoms with Crippen molar-refractivity contribution >= 4 is 18.3 Å². The van der Waals surface area contributed by atoms with Crippen LogP contribution >= 0.6 is 12.4 Å². The van der Waals surface area contributed by atoms with E-state index in [0.29, 0.717) is 5.92 Å². The first-order valence-corrected chi connectivity index (χ1v) is 5.63. The number of nitrogens with zero attached hydrogens (tertiary/aromatic N) is 1. The monoisotopic (exact) mass is 250 g/mol. The molecule has 5 heteroatoms. The summed E-state index contributed by atoms with van der Waals surface area (Å²) in [4.78, 5) is 13.7. The maximum absolute atomic E-state index is 11.9. The summed E-state index contributed by atoms with van der Waals surface area (Å²) in [5.41, 5.74) is 5.87. The van der Waals surface area contributed by atoms with Crippen molar-refractivity contribution in [3.8, 4) is 0 Å². The van der Waals surface area contributed by atoms with Gasteiger partial charge in [0.2, 0.25) is 0 Å². The Balaban J connectivity index is 0.00000225. The maximum atomic E-state index is 11.9. The van der Waals surface area contributed by atoms with Crippen LogP contribution in [0.1, 0.15) is 26.7 Å². The molecule has 0 bridgehead atoms. The lowest BCUT2D eigenvalue weighted by Gasteiger charge is -2.35. The molecule has 96 valence electrons. The number of halogens is 1. The van der Waals surface area contributed by atoms with Crippen molar-refractivity contribution in [1.82, 2.24) is 4.90 Å². The summed E-state index contributed by atoms with van der Waals surface area (Å²) in [6.07, 6.45) is 1.84. The Morgan fingerprint density at radius 3 is 2.62 bits per heavy atom. The minimum atomic E-state index is -0.336. The van der Waals surface area contributed by atoms with Crippen LogP contribution in [0.25, 0.3) is 0 Å². The van der Waals surface area contributed by atoms with Gasteiger partial charge in [0.15, 0.2) is 0 Å². The highest BCUT2D eigenvalue weighted by Gasteiger charge is 2.28. The molecule has 0 saturated carbocycles. The van der Waals surface area contributed by atoms with Gasteiger partial charge in [0.25, 0.3) is 5.91 Å². The standard InChI is InChI=1S/C11H22N2O2.ClH/c1-8(12)10-5-4-6-13(7-10)11(14)9(2)15-3;/h8-10H,4-7,12H2,1-3H3;1H. The molecule has 0 aromatic heterocycles. The summed E-state index contributed by atoms with van der Waals surface area (Å²) in [6.45, 7) is 5.43. The van der Waals surface area contributed by atoms with Gasteiger partial charge in [0, 0.05) is 26.2 Å². The number of likely N-dealkylation sites (tertiary alicyclic amines) is 1. The Kier molecular flexibility index (Phi) is 6.95. The smallest absolute Gasteiger partial charge is 0.251 e. The molecule has 0 aromatic carbocycles. The normalized spacial score (nSPS) is 24.5. The number of rotatable bonds is 3. The molecule has 3 unspecified atom stereocenters. The second-order valence-corrected chi connectivity index (χ2v) is 4.42. The van der Waals surface area contributed by atoms with E-state index in [1.807, 2.05) is 11.8 Å².